The molecule has 0 amide bonds. The van der Waals surface area contributed by atoms with Gasteiger partial charge >= 0.3 is 0 Å². The topological polar surface area (TPSA) is 29.5 Å². The monoisotopic (exact) mass is 264 g/mol. The number of aliphatic hydroxyl groups is 1. The predicted octanol–water partition coefficient (Wildman–Crippen LogP) is 4.12. The molecule has 19 heavy (non-hydrogen) atoms. The van der Waals surface area contributed by atoms with Gasteiger partial charge in [-0.1, -0.05) is 0 Å². The number of aryl methyl sites for hydroxylation is 1. The molecule has 2 aromatic rings. The van der Waals surface area contributed by atoms with Crippen molar-refractivity contribution in [2.45, 2.75) is 20.0 Å². The van der Waals surface area contributed by atoms with Crippen LogP contribution in [-0.4, -0.2) is 5.11 Å². The molecule has 0 aliphatic rings. The maximum absolute atomic E-state index is 13.5. The van der Waals surface area contributed by atoms with Gasteiger partial charge < -0.3 is 9.84 Å². The molecule has 2 aromatic carbocycles. The normalized spacial score (nSPS) is 12.3. The Balaban J connectivity index is 2.38. The van der Waals surface area contributed by atoms with Crippen molar-refractivity contribution in [3.8, 4) is 11.5 Å². The number of benzene rings is 2. The summed E-state index contributed by atoms with van der Waals surface area (Å²) in [6, 6.07) is 8.25. The molecule has 0 aliphatic heterocycles. The van der Waals surface area contributed by atoms with E-state index in [0.29, 0.717) is 22.6 Å². The highest BCUT2D eigenvalue weighted by Crippen LogP contribution is 2.31. The molecule has 100 valence electrons. The summed E-state index contributed by atoms with van der Waals surface area (Å²) in [6.07, 6.45) is -0.856. The number of hydrogen-bond acceptors (Lipinski definition) is 2. The van der Waals surface area contributed by atoms with Crippen molar-refractivity contribution in [2.24, 2.45) is 0 Å². The molecule has 1 N–H and O–H groups in total. The summed E-state index contributed by atoms with van der Waals surface area (Å²) < 4.78 is 31.9. The van der Waals surface area contributed by atoms with E-state index in [-0.39, 0.29) is 5.82 Å². The molecule has 1 unspecified atom stereocenters. The Bertz CT molecular complexity index is 577. The van der Waals surface area contributed by atoms with Gasteiger partial charge in [0.05, 0.1) is 6.10 Å². The summed E-state index contributed by atoms with van der Waals surface area (Å²) >= 11 is 0. The van der Waals surface area contributed by atoms with Crippen LogP contribution < -0.4 is 4.74 Å². The van der Waals surface area contributed by atoms with Gasteiger partial charge in [-0.2, -0.15) is 0 Å². The molecule has 1 atom stereocenters. The lowest BCUT2D eigenvalue weighted by atomic mass is 10.1. The fourth-order valence-electron chi connectivity index (χ4n) is 1.71. The fraction of sp³-hybridized carbons (Fsp3) is 0.200. The summed E-state index contributed by atoms with van der Waals surface area (Å²) in [5.74, 6) is 0.0237. The number of ether oxygens (including phenoxy) is 1. The highest BCUT2D eigenvalue weighted by Gasteiger charge is 2.13. The maximum Gasteiger partial charge on any atom is 0.133 e. The van der Waals surface area contributed by atoms with Crippen molar-refractivity contribution in [1.29, 1.82) is 0 Å². The predicted molar refractivity (Wildman–Crippen MR) is 68.2 cm³/mol. The summed E-state index contributed by atoms with van der Waals surface area (Å²) in [6.45, 7) is 3.14. The summed E-state index contributed by atoms with van der Waals surface area (Å²) in [5.41, 5.74) is 0.772. The van der Waals surface area contributed by atoms with Gasteiger partial charge in [-0.25, -0.2) is 8.78 Å². The number of halogens is 2. The highest BCUT2D eigenvalue weighted by atomic mass is 19.1. The highest BCUT2D eigenvalue weighted by molar-refractivity contribution is 5.42. The molecule has 2 rings (SSSR count). The summed E-state index contributed by atoms with van der Waals surface area (Å²) in [7, 11) is 0. The molecule has 0 fully saturated rings. The Morgan fingerprint density at radius 1 is 1.11 bits per heavy atom. The van der Waals surface area contributed by atoms with E-state index in [2.05, 4.69) is 0 Å². The van der Waals surface area contributed by atoms with Crippen molar-refractivity contribution in [3.63, 3.8) is 0 Å². The van der Waals surface area contributed by atoms with Crippen LogP contribution in [0.1, 0.15) is 24.2 Å². The molecule has 2 nitrogen and oxygen atoms in total. The Morgan fingerprint density at radius 3 is 2.32 bits per heavy atom. The van der Waals surface area contributed by atoms with Crippen LogP contribution in [0.2, 0.25) is 0 Å². The zero-order chi connectivity index (χ0) is 14.0. The Labute approximate surface area is 110 Å². The van der Waals surface area contributed by atoms with Gasteiger partial charge in [0.1, 0.15) is 23.1 Å². The van der Waals surface area contributed by atoms with Gasteiger partial charge in [-0.15, -0.1) is 0 Å². The zero-order valence-corrected chi connectivity index (χ0v) is 10.7. The molecule has 0 heterocycles. The Morgan fingerprint density at radius 2 is 1.74 bits per heavy atom. The quantitative estimate of drug-likeness (QED) is 0.903. The minimum absolute atomic E-state index is 0.354. The second-order valence-electron chi connectivity index (χ2n) is 4.37. The van der Waals surface area contributed by atoms with E-state index in [1.54, 1.807) is 6.92 Å². The average molecular weight is 264 g/mol. The minimum Gasteiger partial charge on any atom is -0.457 e. The summed E-state index contributed by atoms with van der Waals surface area (Å²) in [5, 5.41) is 9.64. The fourth-order valence-corrected chi connectivity index (χ4v) is 1.71. The van der Waals surface area contributed by atoms with Crippen LogP contribution in [0.3, 0.4) is 0 Å². The van der Waals surface area contributed by atoms with Crippen molar-refractivity contribution in [2.75, 3.05) is 0 Å². The van der Waals surface area contributed by atoms with Crippen LogP contribution in [0.25, 0.3) is 0 Å². The van der Waals surface area contributed by atoms with Gasteiger partial charge in [0.25, 0.3) is 0 Å². The van der Waals surface area contributed by atoms with Crippen LogP contribution in [0, 0.1) is 18.6 Å². The lowest BCUT2D eigenvalue weighted by molar-refractivity contribution is 0.195. The standard InChI is InChI=1S/C15H14F2O2/c1-9-7-15(13(10(2)18)8-14(9)17)19-12-5-3-11(16)4-6-12/h3-8,10,18H,1-2H3. The first kappa shape index (κ1) is 13.5. The first-order valence-electron chi connectivity index (χ1n) is 5.89. The third-order valence-corrected chi connectivity index (χ3v) is 2.78. The molecular weight excluding hydrogens is 250 g/mol. The van der Waals surface area contributed by atoms with Crippen LogP contribution in [-0.2, 0) is 0 Å². The molecule has 0 aliphatic carbocycles. The molecule has 0 radical (unpaired) electrons. The van der Waals surface area contributed by atoms with Crippen molar-refractivity contribution >= 4 is 0 Å². The third kappa shape index (κ3) is 3.09. The van der Waals surface area contributed by atoms with Crippen LogP contribution in [0.15, 0.2) is 36.4 Å². The lowest BCUT2D eigenvalue weighted by Crippen LogP contribution is -1.99. The second kappa shape index (κ2) is 5.36. The molecule has 4 heteroatoms. The van der Waals surface area contributed by atoms with E-state index in [4.69, 9.17) is 4.74 Å². The molecular formula is C15H14F2O2. The van der Waals surface area contributed by atoms with Crippen LogP contribution in [0.4, 0.5) is 8.78 Å². The number of aliphatic hydroxyl groups excluding tert-OH is 1. The van der Waals surface area contributed by atoms with Crippen molar-refractivity contribution < 1.29 is 18.6 Å². The van der Waals surface area contributed by atoms with E-state index in [9.17, 15) is 13.9 Å². The van der Waals surface area contributed by atoms with Gasteiger partial charge in [-0.05, 0) is 55.8 Å². The molecule has 0 saturated heterocycles. The first-order chi connectivity index (χ1) is 8.97. The molecule has 0 bridgehead atoms. The van der Waals surface area contributed by atoms with Crippen LogP contribution >= 0.6 is 0 Å². The van der Waals surface area contributed by atoms with E-state index in [0.717, 1.165) is 0 Å². The molecule has 0 saturated carbocycles. The molecule has 0 spiro atoms. The first-order valence-corrected chi connectivity index (χ1v) is 5.89. The largest absolute Gasteiger partial charge is 0.457 e. The van der Waals surface area contributed by atoms with Gasteiger partial charge in [0, 0.05) is 5.56 Å². The van der Waals surface area contributed by atoms with E-state index >= 15 is 0 Å². The lowest BCUT2D eigenvalue weighted by Gasteiger charge is -2.14. The third-order valence-electron chi connectivity index (χ3n) is 2.78. The summed E-state index contributed by atoms with van der Waals surface area (Å²) in [4.78, 5) is 0. The second-order valence-corrected chi connectivity index (χ2v) is 4.37. The van der Waals surface area contributed by atoms with Crippen molar-refractivity contribution in [3.05, 3.63) is 59.2 Å². The Hall–Kier alpha value is -1.94. The van der Waals surface area contributed by atoms with E-state index in [1.807, 2.05) is 0 Å². The SMILES string of the molecule is Cc1cc(Oc2ccc(F)cc2)c(C(C)O)cc1F. The smallest absolute Gasteiger partial charge is 0.133 e. The maximum atomic E-state index is 13.5. The van der Waals surface area contributed by atoms with Crippen LogP contribution in [0.5, 0.6) is 11.5 Å². The van der Waals surface area contributed by atoms with Gasteiger partial charge in [-0.3, -0.25) is 0 Å². The average Bonchev–Trinajstić information content (AvgIpc) is 2.36. The van der Waals surface area contributed by atoms with E-state index < -0.39 is 11.9 Å². The van der Waals surface area contributed by atoms with E-state index in [1.165, 1.54) is 43.3 Å². The van der Waals surface area contributed by atoms with Gasteiger partial charge in [0.2, 0.25) is 0 Å². The minimum atomic E-state index is -0.856. The van der Waals surface area contributed by atoms with Gasteiger partial charge in [0.15, 0.2) is 0 Å². The Kier molecular flexibility index (Phi) is 3.81. The molecule has 0 aromatic heterocycles. The zero-order valence-electron chi connectivity index (χ0n) is 10.7. The van der Waals surface area contributed by atoms with Crippen molar-refractivity contribution in [1.82, 2.24) is 0 Å². The number of rotatable bonds is 3. The number of hydrogen-bond donors (Lipinski definition) is 1.